The molecule has 0 amide bonds. The molecule has 0 saturated heterocycles. The molecule has 0 aliphatic heterocycles. The molecule has 0 saturated carbocycles. The topological polar surface area (TPSA) is 24.1 Å². The molecule has 0 heterocycles. The van der Waals surface area contributed by atoms with Crippen molar-refractivity contribution in [2.45, 2.75) is 40.0 Å². The lowest BCUT2D eigenvalue weighted by Gasteiger charge is -2.11. The molecule has 0 bridgehead atoms. The van der Waals surface area contributed by atoms with Crippen molar-refractivity contribution in [1.29, 1.82) is 0 Å². The van der Waals surface area contributed by atoms with E-state index in [9.17, 15) is 0 Å². The Labute approximate surface area is 83.5 Å². The molecule has 0 aromatic heterocycles. The molecule has 0 rings (SSSR count). The summed E-state index contributed by atoms with van der Waals surface area (Å²) in [5.74, 6) is 0.873. The molecule has 0 aromatic carbocycles. The van der Waals surface area contributed by atoms with Crippen LogP contribution in [0, 0.1) is 5.92 Å². The predicted octanol–water partition coefficient (Wildman–Crippen LogP) is 2.01. The Hall–Kier alpha value is -0.0800. The highest BCUT2D eigenvalue weighted by molar-refractivity contribution is 4.56. The van der Waals surface area contributed by atoms with Crippen LogP contribution in [0.1, 0.15) is 40.0 Å². The Bertz CT molecular complexity index is 94.1. The summed E-state index contributed by atoms with van der Waals surface area (Å²) < 4.78 is 0. The lowest BCUT2D eigenvalue weighted by molar-refractivity contribution is 0.452. The first kappa shape index (κ1) is 12.9. The Morgan fingerprint density at radius 2 is 1.54 bits per heavy atom. The zero-order chi connectivity index (χ0) is 9.94. The van der Waals surface area contributed by atoms with E-state index in [1.54, 1.807) is 0 Å². The first-order valence-corrected chi connectivity index (χ1v) is 5.72. The van der Waals surface area contributed by atoms with E-state index in [2.05, 4.69) is 31.4 Å². The van der Waals surface area contributed by atoms with Crippen molar-refractivity contribution in [3.8, 4) is 0 Å². The van der Waals surface area contributed by atoms with Gasteiger partial charge in [0, 0.05) is 0 Å². The van der Waals surface area contributed by atoms with E-state index in [0.717, 1.165) is 19.0 Å². The molecule has 2 heteroatoms. The van der Waals surface area contributed by atoms with Gasteiger partial charge in [-0.2, -0.15) is 0 Å². The van der Waals surface area contributed by atoms with Crippen LogP contribution in [0.15, 0.2) is 0 Å². The molecular weight excluding hydrogens is 160 g/mol. The van der Waals surface area contributed by atoms with E-state index in [0.29, 0.717) is 0 Å². The lowest BCUT2D eigenvalue weighted by atomic mass is 10.0. The van der Waals surface area contributed by atoms with Gasteiger partial charge in [-0.15, -0.1) is 0 Å². The summed E-state index contributed by atoms with van der Waals surface area (Å²) in [5, 5.41) is 6.72. The number of hydrogen-bond acceptors (Lipinski definition) is 2. The van der Waals surface area contributed by atoms with Crippen LogP contribution >= 0.6 is 0 Å². The van der Waals surface area contributed by atoms with E-state index in [4.69, 9.17) is 0 Å². The van der Waals surface area contributed by atoms with Gasteiger partial charge < -0.3 is 10.6 Å². The molecule has 0 aliphatic carbocycles. The van der Waals surface area contributed by atoms with Crippen molar-refractivity contribution in [2.75, 3.05) is 26.2 Å². The largest absolute Gasteiger partial charge is 0.317 e. The van der Waals surface area contributed by atoms with E-state index < -0.39 is 0 Å². The molecule has 1 unspecified atom stereocenters. The summed E-state index contributed by atoms with van der Waals surface area (Å²) in [7, 11) is 0. The standard InChI is InChI=1S/C11H26N2/c1-4-12-9-6-7-11(3)8-10-13-5-2/h11-13H,4-10H2,1-3H3. The quantitative estimate of drug-likeness (QED) is 0.538. The Morgan fingerprint density at radius 1 is 0.923 bits per heavy atom. The van der Waals surface area contributed by atoms with Gasteiger partial charge in [-0.25, -0.2) is 0 Å². The van der Waals surface area contributed by atoms with Crippen LogP contribution in [-0.4, -0.2) is 26.2 Å². The van der Waals surface area contributed by atoms with Crippen molar-refractivity contribution in [3.05, 3.63) is 0 Å². The van der Waals surface area contributed by atoms with Crippen LogP contribution in [-0.2, 0) is 0 Å². The first-order chi connectivity index (χ1) is 6.31. The van der Waals surface area contributed by atoms with Crippen LogP contribution in [0.4, 0.5) is 0 Å². The van der Waals surface area contributed by atoms with Crippen molar-refractivity contribution in [3.63, 3.8) is 0 Å². The average molecular weight is 186 g/mol. The van der Waals surface area contributed by atoms with E-state index >= 15 is 0 Å². The van der Waals surface area contributed by atoms with E-state index in [-0.39, 0.29) is 0 Å². The zero-order valence-electron chi connectivity index (χ0n) is 9.53. The van der Waals surface area contributed by atoms with Crippen molar-refractivity contribution in [2.24, 2.45) is 5.92 Å². The van der Waals surface area contributed by atoms with Crippen LogP contribution in [0.3, 0.4) is 0 Å². The Kier molecular flexibility index (Phi) is 9.94. The van der Waals surface area contributed by atoms with Crippen LogP contribution < -0.4 is 10.6 Å². The molecular formula is C11H26N2. The second-order valence-corrected chi connectivity index (χ2v) is 3.74. The molecule has 0 radical (unpaired) electrons. The zero-order valence-corrected chi connectivity index (χ0v) is 9.53. The van der Waals surface area contributed by atoms with Crippen LogP contribution in [0.5, 0.6) is 0 Å². The molecule has 1 atom stereocenters. The minimum atomic E-state index is 0.873. The third kappa shape index (κ3) is 9.84. The van der Waals surface area contributed by atoms with Crippen LogP contribution in [0.2, 0.25) is 0 Å². The first-order valence-electron chi connectivity index (χ1n) is 5.72. The highest BCUT2D eigenvalue weighted by atomic mass is 14.8. The smallest absolute Gasteiger partial charge is 0.00465 e. The van der Waals surface area contributed by atoms with Gasteiger partial charge in [0.25, 0.3) is 0 Å². The summed E-state index contributed by atoms with van der Waals surface area (Å²) in [5.41, 5.74) is 0. The summed E-state index contributed by atoms with van der Waals surface area (Å²) in [6.45, 7) is 11.2. The Morgan fingerprint density at radius 3 is 2.15 bits per heavy atom. The van der Waals surface area contributed by atoms with Crippen molar-refractivity contribution in [1.82, 2.24) is 10.6 Å². The molecule has 0 spiro atoms. The van der Waals surface area contributed by atoms with Gasteiger partial charge in [0.1, 0.15) is 0 Å². The third-order valence-corrected chi connectivity index (χ3v) is 2.36. The van der Waals surface area contributed by atoms with Gasteiger partial charge in [-0.1, -0.05) is 20.8 Å². The predicted molar refractivity (Wildman–Crippen MR) is 60.1 cm³/mol. The SMILES string of the molecule is CCNCCCC(C)CCNCC. The van der Waals surface area contributed by atoms with Crippen molar-refractivity contribution >= 4 is 0 Å². The molecule has 13 heavy (non-hydrogen) atoms. The van der Waals surface area contributed by atoms with Crippen molar-refractivity contribution < 1.29 is 0 Å². The van der Waals surface area contributed by atoms with Gasteiger partial charge in [0.15, 0.2) is 0 Å². The van der Waals surface area contributed by atoms with E-state index in [1.165, 1.54) is 32.4 Å². The summed E-state index contributed by atoms with van der Waals surface area (Å²) in [4.78, 5) is 0. The maximum atomic E-state index is 3.37. The normalized spacial score (nSPS) is 13.2. The van der Waals surface area contributed by atoms with E-state index in [1.807, 2.05) is 0 Å². The molecule has 0 aliphatic rings. The molecule has 80 valence electrons. The number of rotatable bonds is 9. The fourth-order valence-electron chi connectivity index (χ4n) is 1.42. The summed E-state index contributed by atoms with van der Waals surface area (Å²) >= 11 is 0. The van der Waals surface area contributed by atoms with Gasteiger partial charge >= 0.3 is 0 Å². The summed E-state index contributed by atoms with van der Waals surface area (Å²) in [6.07, 6.45) is 4.00. The van der Waals surface area contributed by atoms with Gasteiger partial charge in [0.2, 0.25) is 0 Å². The third-order valence-electron chi connectivity index (χ3n) is 2.36. The van der Waals surface area contributed by atoms with Crippen LogP contribution in [0.25, 0.3) is 0 Å². The molecule has 2 N–H and O–H groups in total. The second kappa shape index (κ2) is 10.0. The lowest BCUT2D eigenvalue weighted by Crippen LogP contribution is -2.18. The van der Waals surface area contributed by atoms with Gasteiger partial charge in [-0.05, 0) is 51.4 Å². The summed E-state index contributed by atoms with van der Waals surface area (Å²) in [6, 6.07) is 0. The molecule has 2 nitrogen and oxygen atoms in total. The fourth-order valence-corrected chi connectivity index (χ4v) is 1.42. The maximum absolute atomic E-state index is 3.37. The minimum absolute atomic E-state index is 0.873. The number of nitrogens with one attached hydrogen (secondary N) is 2. The second-order valence-electron chi connectivity index (χ2n) is 3.74. The molecule has 0 fully saturated rings. The highest BCUT2D eigenvalue weighted by Gasteiger charge is 2.00. The number of hydrogen-bond donors (Lipinski definition) is 2. The minimum Gasteiger partial charge on any atom is -0.317 e. The highest BCUT2D eigenvalue weighted by Crippen LogP contribution is 2.08. The fraction of sp³-hybridized carbons (Fsp3) is 1.00. The average Bonchev–Trinajstić information content (AvgIpc) is 2.13. The van der Waals surface area contributed by atoms with Gasteiger partial charge in [-0.3, -0.25) is 0 Å². The Balaban J connectivity index is 3.05. The molecule has 0 aromatic rings. The monoisotopic (exact) mass is 186 g/mol. The maximum Gasteiger partial charge on any atom is -0.00465 e. The van der Waals surface area contributed by atoms with Gasteiger partial charge in [0.05, 0.1) is 0 Å².